The largest absolute Gasteiger partial charge is 0.419 e. The van der Waals surface area contributed by atoms with Gasteiger partial charge in [0, 0.05) is 18.2 Å². The Labute approximate surface area is 147 Å². The summed E-state index contributed by atoms with van der Waals surface area (Å²) in [5.74, 6) is -2.37. The Balaban J connectivity index is 1.82. The minimum absolute atomic E-state index is 0.204. The molecule has 0 aromatic heterocycles. The lowest BCUT2D eigenvalue weighted by atomic mass is 10.0. The molecule has 1 aliphatic rings. The van der Waals surface area contributed by atoms with Gasteiger partial charge in [0.1, 0.15) is 11.6 Å². The lowest BCUT2D eigenvalue weighted by molar-refractivity contribution is -0.140. The number of hydrogen-bond acceptors (Lipinski definition) is 1. The lowest BCUT2D eigenvalue weighted by Crippen LogP contribution is -2.37. The molecule has 1 atom stereocenters. The SMILES string of the molecule is O=C(c1ccc(F)c(C(F)(F)F)c1)N1CCCC1Cc1cccc(F)c1. The van der Waals surface area contributed by atoms with Gasteiger partial charge >= 0.3 is 6.18 Å². The van der Waals surface area contributed by atoms with E-state index in [1.807, 2.05) is 0 Å². The van der Waals surface area contributed by atoms with Crippen LogP contribution in [-0.4, -0.2) is 23.4 Å². The molecule has 7 heteroatoms. The molecule has 1 heterocycles. The van der Waals surface area contributed by atoms with Gasteiger partial charge in [-0.15, -0.1) is 0 Å². The van der Waals surface area contributed by atoms with Crippen LogP contribution in [0.3, 0.4) is 0 Å². The third kappa shape index (κ3) is 3.86. The summed E-state index contributed by atoms with van der Waals surface area (Å²) in [4.78, 5) is 14.2. The number of alkyl halides is 3. The molecule has 0 saturated carbocycles. The maximum atomic E-state index is 13.4. The topological polar surface area (TPSA) is 20.3 Å². The van der Waals surface area contributed by atoms with E-state index in [0.29, 0.717) is 43.5 Å². The molecule has 1 saturated heterocycles. The monoisotopic (exact) mass is 369 g/mol. The maximum absolute atomic E-state index is 13.4. The van der Waals surface area contributed by atoms with E-state index >= 15 is 0 Å². The van der Waals surface area contributed by atoms with E-state index in [2.05, 4.69) is 0 Å². The molecule has 0 N–H and O–H groups in total. The second-order valence-electron chi connectivity index (χ2n) is 6.32. The number of benzene rings is 2. The standard InChI is InChI=1S/C19H16F5NO/c20-14-4-1-3-12(9-14)10-15-5-2-8-25(15)18(26)13-6-7-17(21)16(11-13)19(22,23)24/h1,3-4,6-7,9,11,15H,2,5,8,10H2. The fourth-order valence-corrected chi connectivity index (χ4v) is 3.29. The minimum Gasteiger partial charge on any atom is -0.335 e. The van der Waals surface area contributed by atoms with Gasteiger partial charge in [0.15, 0.2) is 0 Å². The van der Waals surface area contributed by atoms with Crippen molar-refractivity contribution in [3.63, 3.8) is 0 Å². The normalized spacial score (nSPS) is 17.6. The number of carbonyl (C=O) groups is 1. The summed E-state index contributed by atoms with van der Waals surface area (Å²) < 4.78 is 65.4. The average molecular weight is 369 g/mol. The summed E-state index contributed by atoms with van der Waals surface area (Å²) in [6, 6.07) is 8.04. The summed E-state index contributed by atoms with van der Waals surface area (Å²) in [5.41, 5.74) is -0.945. The highest BCUT2D eigenvalue weighted by Crippen LogP contribution is 2.33. The van der Waals surface area contributed by atoms with Gasteiger partial charge in [0.05, 0.1) is 5.56 Å². The van der Waals surface area contributed by atoms with E-state index in [9.17, 15) is 26.7 Å². The molecule has 1 aliphatic heterocycles. The molecule has 1 fully saturated rings. The molecule has 0 spiro atoms. The molecule has 26 heavy (non-hydrogen) atoms. The van der Waals surface area contributed by atoms with Crippen molar-refractivity contribution in [2.75, 3.05) is 6.54 Å². The average Bonchev–Trinajstić information content (AvgIpc) is 3.01. The predicted octanol–water partition coefficient (Wildman–Crippen LogP) is 4.83. The fraction of sp³-hybridized carbons (Fsp3) is 0.316. The van der Waals surface area contributed by atoms with Gasteiger partial charge in [-0.1, -0.05) is 12.1 Å². The minimum atomic E-state index is -4.87. The molecule has 2 nitrogen and oxygen atoms in total. The first kappa shape index (κ1) is 18.4. The smallest absolute Gasteiger partial charge is 0.335 e. The Morgan fingerprint density at radius 1 is 1.12 bits per heavy atom. The van der Waals surface area contributed by atoms with Crippen molar-refractivity contribution >= 4 is 5.91 Å². The predicted molar refractivity (Wildman–Crippen MR) is 85.6 cm³/mol. The van der Waals surface area contributed by atoms with Crippen LogP contribution in [0.25, 0.3) is 0 Å². The van der Waals surface area contributed by atoms with E-state index < -0.39 is 23.5 Å². The first-order valence-electron chi connectivity index (χ1n) is 8.18. The number of amides is 1. The highest BCUT2D eigenvalue weighted by Gasteiger charge is 2.36. The number of likely N-dealkylation sites (tertiary alicyclic amines) is 1. The molecule has 0 radical (unpaired) electrons. The van der Waals surface area contributed by atoms with E-state index in [4.69, 9.17) is 0 Å². The number of halogens is 5. The van der Waals surface area contributed by atoms with Crippen LogP contribution in [0.15, 0.2) is 42.5 Å². The van der Waals surface area contributed by atoms with Crippen LogP contribution in [-0.2, 0) is 12.6 Å². The molecule has 0 bridgehead atoms. The molecule has 3 rings (SSSR count). The molecular formula is C19H16F5NO. The Hall–Kier alpha value is -2.44. The zero-order valence-electron chi connectivity index (χ0n) is 13.7. The molecule has 1 unspecified atom stereocenters. The zero-order chi connectivity index (χ0) is 18.9. The van der Waals surface area contributed by atoms with Gasteiger partial charge < -0.3 is 4.90 Å². The molecular weight excluding hydrogens is 353 g/mol. The van der Waals surface area contributed by atoms with Crippen molar-refractivity contribution in [2.24, 2.45) is 0 Å². The summed E-state index contributed by atoms with van der Waals surface area (Å²) in [6.07, 6.45) is -3.07. The number of carbonyl (C=O) groups excluding carboxylic acids is 1. The Kier molecular flexibility index (Phi) is 4.98. The molecule has 138 valence electrons. The number of nitrogens with zero attached hydrogens (tertiary/aromatic N) is 1. The first-order valence-corrected chi connectivity index (χ1v) is 8.18. The van der Waals surface area contributed by atoms with Crippen LogP contribution >= 0.6 is 0 Å². The lowest BCUT2D eigenvalue weighted by Gasteiger charge is -2.25. The van der Waals surface area contributed by atoms with Crippen molar-refractivity contribution < 1.29 is 26.7 Å². The van der Waals surface area contributed by atoms with Crippen molar-refractivity contribution in [1.82, 2.24) is 4.90 Å². The highest BCUT2D eigenvalue weighted by atomic mass is 19.4. The highest BCUT2D eigenvalue weighted by molar-refractivity contribution is 5.94. The van der Waals surface area contributed by atoms with Gasteiger partial charge in [-0.3, -0.25) is 4.79 Å². The second kappa shape index (κ2) is 7.05. The fourth-order valence-electron chi connectivity index (χ4n) is 3.29. The molecule has 2 aromatic carbocycles. The van der Waals surface area contributed by atoms with Crippen LogP contribution in [0.4, 0.5) is 22.0 Å². The van der Waals surface area contributed by atoms with Crippen molar-refractivity contribution in [3.8, 4) is 0 Å². The van der Waals surface area contributed by atoms with Crippen LogP contribution in [0.2, 0.25) is 0 Å². The second-order valence-corrected chi connectivity index (χ2v) is 6.32. The summed E-state index contributed by atoms with van der Waals surface area (Å²) in [5, 5.41) is 0. The van der Waals surface area contributed by atoms with E-state index in [-0.39, 0.29) is 17.4 Å². The summed E-state index contributed by atoms with van der Waals surface area (Å²) in [6.45, 7) is 0.400. The van der Waals surface area contributed by atoms with Crippen LogP contribution < -0.4 is 0 Å². The van der Waals surface area contributed by atoms with Crippen LogP contribution in [0.5, 0.6) is 0 Å². The Bertz CT molecular complexity index is 818. The maximum Gasteiger partial charge on any atom is 0.419 e. The summed E-state index contributed by atoms with van der Waals surface area (Å²) in [7, 11) is 0. The third-order valence-electron chi connectivity index (χ3n) is 4.52. The summed E-state index contributed by atoms with van der Waals surface area (Å²) >= 11 is 0. The van der Waals surface area contributed by atoms with Crippen molar-refractivity contribution in [3.05, 3.63) is 70.8 Å². The number of hydrogen-bond donors (Lipinski definition) is 0. The van der Waals surface area contributed by atoms with Crippen LogP contribution in [0, 0.1) is 11.6 Å². The zero-order valence-corrected chi connectivity index (χ0v) is 13.7. The first-order chi connectivity index (χ1) is 12.3. The number of rotatable bonds is 3. The van der Waals surface area contributed by atoms with Crippen LogP contribution in [0.1, 0.15) is 34.3 Å². The van der Waals surface area contributed by atoms with Crippen molar-refractivity contribution in [1.29, 1.82) is 0 Å². The van der Waals surface area contributed by atoms with E-state index in [1.165, 1.54) is 17.0 Å². The molecule has 2 aromatic rings. The van der Waals surface area contributed by atoms with Gasteiger partial charge in [0.25, 0.3) is 5.91 Å². The third-order valence-corrected chi connectivity index (χ3v) is 4.52. The molecule has 1 amide bonds. The quantitative estimate of drug-likeness (QED) is 0.710. The van der Waals surface area contributed by atoms with Gasteiger partial charge in [0.2, 0.25) is 0 Å². The van der Waals surface area contributed by atoms with E-state index in [0.717, 1.165) is 6.07 Å². The van der Waals surface area contributed by atoms with Crippen molar-refractivity contribution in [2.45, 2.75) is 31.5 Å². The van der Waals surface area contributed by atoms with E-state index in [1.54, 1.807) is 12.1 Å². The van der Waals surface area contributed by atoms with Gasteiger partial charge in [-0.25, -0.2) is 8.78 Å². The molecule has 0 aliphatic carbocycles. The van der Waals surface area contributed by atoms with Gasteiger partial charge in [-0.05, 0) is 55.2 Å². The Morgan fingerprint density at radius 2 is 1.88 bits per heavy atom. The van der Waals surface area contributed by atoms with Gasteiger partial charge in [-0.2, -0.15) is 13.2 Å². The Morgan fingerprint density at radius 3 is 2.58 bits per heavy atom.